The molecule has 1 fully saturated rings. The van der Waals surface area contributed by atoms with Gasteiger partial charge in [-0.15, -0.1) is 0 Å². The molecule has 1 heterocycles. The molecular formula is C20H21BrN4O3S. The first-order valence-electron chi connectivity index (χ1n) is 9.06. The van der Waals surface area contributed by atoms with Crippen molar-refractivity contribution in [2.75, 3.05) is 0 Å². The maximum atomic E-state index is 12.6. The number of rotatable bonds is 6. The molecule has 29 heavy (non-hydrogen) atoms. The molecule has 1 unspecified atom stereocenters. The average Bonchev–Trinajstić information content (AvgIpc) is 2.65. The number of halogens is 1. The van der Waals surface area contributed by atoms with E-state index in [0.29, 0.717) is 15.4 Å². The number of benzene rings is 1. The van der Waals surface area contributed by atoms with E-state index in [2.05, 4.69) is 31.8 Å². The predicted molar refractivity (Wildman–Crippen MR) is 116 cm³/mol. The summed E-state index contributed by atoms with van der Waals surface area (Å²) >= 11 is 3.33. The monoisotopic (exact) mass is 476 g/mol. The van der Waals surface area contributed by atoms with Crippen molar-refractivity contribution in [3.05, 3.63) is 62.0 Å². The fourth-order valence-electron chi connectivity index (χ4n) is 3.13. The van der Waals surface area contributed by atoms with Crippen molar-refractivity contribution >= 4 is 37.4 Å². The van der Waals surface area contributed by atoms with E-state index in [9.17, 15) is 13.8 Å². The molecular weight excluding hydrogens is 456 g/mol. The highest BCUT2D eigenvalue weighted by atomic mass is 79.9. The standard InChI is InChI=1S/C20H21BrN4O3S/c1-13-18(21)19(26)17(11-25(13)15-4-3-5-15)20(27)23-10-14-6-8-16(9-7-14)29(2,28)24-12-22/h6-9,11,15H,2-5,10H2,1H3,(H,23,27)(H,24,28). The molecule has 152 valence electrons. The molecule has 3 rings (SSSR count). The minimum atomic E-state index is -2.87. The van der Waals surface area contributed by atoms with Gasteiger partial charge in [-0.05, 0) is 65.7 Å². The molecule has 0 radical (unpaired) electrons. The maximum Gasteiger partial charge on any atom is 0.257 e. The Bertz CT molecular complexity index is 1140. The third-order valence-corrected chi connectivity index (χ3v) is 7.49. The molecule has 1 aromatic carbocycles. The molecule has 7 nitrogen and oxygen atoms in total. The van der Waals surface area contributed by atoms with Crippen LogP contribution in [0.4, 0.5) is 0 Å². The second-order valence-corrected chi connectivity index (χ2v) is 9.80. The fraction of sp³-hybridized carbons (Fsp3) is 0.300. The molecule has 0 bridgehead atoms. The van der Waals surface area contributed by atoms with Crippen LogP contribution in [-0.2, 0) is 16.3 Å². The summed E-state index contributed by atoms with van der Waals surface area (Å²) < 4.78 is 16.8. The number of pyridine rings is 1. The maximum absolute atomic E-state index is 12.6. The molecule has 1 aliphatic carbocycles. The van der Waals surface area contributed by atoms with E-state index in [4.69, 9.17) is 5.26 Å². The highest BCUT2D eigenvalue weighted by Gasteiger charge is 2.24. The van der Waals surface area contributed by atoms with E-state index in [-0.39, 0.29) is 17.5 Å². The second kappa shape index (κ2) is 8.43. The van der Waals surface area contributed by atoms with E-state index in [1.165, 1.54) is 0 Å². The lowest BCUT2D eigenvalue weighted by Crippen LogP contribution is -2.32. The zero-order valence-corrected chi connectivity index (χ0v) is 18.3. The lowest BCUT2D eigenvalue weighted by molar-refractivity contribution is 0.0948. The highest BCUT2D eigenvalue weighted by molar-refractivity contribution is 9.10. The summed E-state index contributed by atoms with van der Waals surface area (Å²) in [4.78, 5) is 25.6. The molecule has 1 atom stereocenters. The van der Waals surface area contributed by atoms with Gasteiger partial charge in [-0.2, -0.15) is 5.26 Å². The molecule has 2 aromatic rings. The molecule has 9 heteroatoms. The number of aromatic nitrogens is 1. The Kier molecular flexibility index (Phi) is 6.15. The molecule has 1 aromatic heterocycles. The van der Waals surface area contributed by atoms with Gasteiger partial charge < -0.3 is 9.88 Å². The van der Waals surface area contributed by atoms with Crippen molar-refractivity contribution in [1.29, 1.82) is 5.26 Å². The third-order valence-electron chi connectivity index (χ3n) is 5.10. The average molecular weight is 477 g/mol. The van der Waals surface area contributed by atoms with Gasteiger partial charge in [0, 0.05) is 24.5 Å². The number of hydrogen-bond acceptors (Lipinski definition) is 4. The quantitative estimate of drug-likeness (QED) is 0.379. The van der Waals surface area contributed by atoms with Crippen LogP contribution in [0.15, 0.2) is 44.6 Å². The van der Waals surface area contributed by atoms with Crippen molar-refractivity contribution in [2.24, 2.45) is 0 Å². The summed E-state index contributed by atoms with van der Waals surface area (Å²) in [7, 11) is -2.87. The first-order valence-corrected chi connectivity index (χ1v) is 11.6. The number of carbonyl (C=O) groups excluding carboxylic acids is 1. The van der Waals surface area contributed by atoms with Crippen LogP contribution < -0.4 is 15.5 Å². The lowest BCUT2D eigenvalue weighted by Gasteiger charge is -2.31. The van der Waals surface area contributed by atoms with Crippen LogP contribution in [-0.4, -0.2) is 20.6 Å². The summed E-state index contributed by atoms with van der Waals surface area (Å²) in [5.74, 6) is 3.07. The van der Waals surface area contributed by atoms with Gasteiger partial charge in [0.05, 0.1) is 19.1 Å². The first kappa shape index (κ1) is 21.1. The molecule has 1 saturated carbocycles. The van der Waals surface area contributed by atoms with Gasteiger partial charge in [-0.3, -0.25) is 9.59 Å². The minimum Gasteiger partial charge on any atom is -0.348 e. The van der Waals surface area contributed by atoms with E-state index < -0.39 is 15.6 Å². The highest BCUT2D eigenvalue weighted by Crippen LogP contribution is 2.33. The van der Waals surface area contributed by atoms with E-state index in [1.54, 1.807) is 36.7 Å². The Morgan fingerprint density at radius 1 is 1.38 bits per heavy atom. The van der Waals surface area contributed by atoms with Crippen LogP contribution in [0.5, 0.6) is 0 Å². The Morgan fingerprint density at radius 2 is 2.03 bits per heavy atom. The molecule has 0 spiro atoms. The first-order chi connectivity index (χ1) is 13.7. The zero-order chi connectivity index (χ0) is 21.2. The van der Waals surface area contributed by atoms with Crippen LogP contribution in [0.2, 0.25) is 0 Å². The number of carbonyl (C=O) groups is 1. The van der Waals surface area contributed by atoms with Gasteiger partial charge in [-0.25, -0.2) is 8.93 Å². The van der Waals surface area contributed by atoms with E-state index in [1.807, 2.05) is 11.5 Å². The number of nitrogens with zero attached hydrogens (tertiary/aromatic N) is 2. The molecule has 1 aliphatic rings. The van der Waals surface area contributed by atoms with Gasteiger partial charge in [0.2, 0.25) is 5.43 Å². The number of nitriles is 1. The number of nitrogens with one attached hydrogen (secondary N) is 2. The summed E-state index contributed by atoms with van der Waals surface area (Å²) in [6.07, 6.45) is 6.51. The van der Waals surface area contributed by atoms with Gasteiger partial charge in [0.15, 0.2) is 6.19 Å². The molecule has 2 N–H and O–H groups in total. The Hall–Kier alpha value is -2.57. The van der Waals surface area contributed by atoms with E-state index in [0.717, 1.165) is 30.5 Å². The topological polar surface area (TPSA) is 104 Å². The zero-order valence-electron chi connectivity index (χ0n) is 15.9. The third kappa shape index (κ3) is 4.38. The fourth-order valence-corrected chi connectivity index (χ4v) is 4.39. The van der Waals surface area contributed by atoms with Crippen molar-refractivity contribution < 1.29 is 9.00 Å². The van der Waals surface area contributed by atoms with Crippen molar-refractivity contribution in [3.63, 3.8) is 0 Å². The number of amides is 1. The predicted octanol–water partition coefficient (Wildman–Crippen LogP) is 2.64. The van der Waals surface area contributed by atoms with Gasteiger partial charge >= 0.3 is 0 Å². The SMILES string of the molecule is C=S(=O)(NC#N)c1ccc(CNC(=O)c2cn(C3CCC3)c(C)c(Br)c2=O)cc1. The molecule has 0 aliphatic heterocycles. The minimum absolute atomic E-state index is 0.102. The Labute approximate surface area is 178 Å². The summed E-state index contributed by atoms with van der Waals surface area (Å²) in [5, 5.41) is 11.4. The number of hydrogen-bond donors (Lipinski definition) is 2. The van der Waals surface area contributed by atoms with Crippen molar-refractivity contribution in [3.8, 4) is 6.19 Å². The van der Waals surface area contributed by atoms with Crippen LogP contribution in [0.25, 0.3) is 0 Å². The summed E-state index contributed by atoms with van der Waals surface area (Å²) in [5.41, 5.74) is 1.37. The van der Waals surface area contributed by atoms with Gasteiger partial charge in [0.1, 0.15) is 5.56 Å². The van der Waals surface area contributed by atoms with Crippen LogP contribution in [0.3, 0.4) is 0 Å². The molecule has 1 amide bonds. The van der Waals surface area contributed by atoms with Crippen LogP contribution in [0.1, 0.15) is 46.9 Å². The lowest BCUT2D eigenvalue weighted by atomic mass is 9.92. The van der Waals surface area contributed by atoms with Crippen molar-refractivity contribution in [1.82, 2.24) is 14.6 Å². The largest absolute Gasteiger partial charge is 0.348 e. The van der Waals surface area contributed by atoms with E-state index >= 15 is 0 Å². The summed E-state index contributed by atoms with van der Waals surface area (Å²) in [6, 6.07) is 6.89. The van der Waals surface area contributed by atoms with Crippen LogP contribution >= 0.6 is 15.9 Å². The van der Waals surface area contributed by atoms with Crippen molar-refractivity contribution in [2.45, 2.75) is 43.7 Å². The van der Waals surface area contributed by atoms with Crippen LogP contribution in [0, 0.1) is 18.4 Å². The Morgan fingerprint density at radius 3 is 2.59 bits per heavy atom. The second-order valence-electron chi connectivity index (χ2n) is 6.98. The Balaban J connectivity index is 1.75. The normalized spacial score (nSPS) is 15.6. The molecule has 0 saturated heterocycles. The van der Waals surface area contributed by atoms with Gasteiger partial charge in [0.25, 0.3) is 5.91 Å². The van der Waals surface area contributed by atoms with Gasteiger partial charge in [-0.1, -0.05) is 12.1 Å². The summed E-state index contributed by atoms with van der Waals surface area (Å²) in [6.45, 7) is 2.08. The smallest absolute Gasteiger partial charge is 0.257 e.